The maximum absolute atomic E-state index is 11.5. The first-order valence-electron chi connectivity index (χ1n) is 5.41. The fraction of sp³-hybridized carbons (Fsp3) is 0.100. The van der Waals surface area contributed by atoms with Crippen molar-refractivity contribution in [3.8, 4) is 0 Å². The second kappa shape index (κ2) is 6.22. The van der Waals surface area contributed by atoms with Gasteiger partial charge < -0.3 is 10.6 Å². The highest BCUT2D eigenvalue weighted by molar-refractivity contribution is 7.89. The van der Waals surface area contributed by atoms with Gasteiger partial charge >= 0.3 is 6.03 Å². The summed E-state index contributed by atoms with van der Waals surface area (Å²) in [5.41, 5.74) is -0.300. The van der Waals surface area contributed by atoms with E-state index in [-0.39, 0.29) is 17.1 Å². The third-order valence-corrected chi connectivity index (χ3v) is 4.12. The van der Waals surface area contributed by atoms with Gasteiger partial charge in [-0.15, -0.1) is 6.58 Å². The summed E-state index contributed by atoms with van der Waals surface area (Å²) in [5, 5.41) is 14.5. The van der Waals surface area contributed by atoms with Crippen LogP contribution in [-0.4, -0.2) is 29.4 Å². The Labute approximate surface area is 122 Å². The Hall–Kier alpha value is -1.95. The number of nitrogens with one attached hydrogen (secondary N) is 2. The van der Waals surface area contributed by atoms with E-state index in [0.29, 0.717) is 0 Å². The molecular formula is C10H14N4O5S2. The molecule has 6 N–H and O–H groups in total. The normalized spacial score (nSPS) is 11.7. The molecule has 2 amide bonds. The number of hydrogen-bond donors (Lipinski definition) is 4. The molecule has 1 aromatic rings. The van der Waals surface area contributed by atoms with E-state index in [1.165, 1.54) is 6.08 Å². The summed E-state index contributed by atoms with van der Waals surface area (Å²) in [5.74, 6) is 0. The Balaban J connectivity index is 3.30. The summed E-state index contributed by atoms with van der Waals surface area (Å²) in [6, 6.07) is 2.06. The van der Waals surface area contributed by atoms with Gasteiger partial charge in [-0.05, 0) is 18.2 Å². The number of carbonyl (C=O) groups excluding carboxylic acids is 1. The number of nitrogens with two attached hydrogens (primary N) is 2. The quantitative estimate of drug-likeness (QED) is 0.522. The summed E-state index contributed by atoms with van der Waals surface area (Å²) >= 11 is 0. The van der Waals surface area contributed by atoms with Crippen LogP contribution >= 0.6 is 0 Å². The number of sulfonamides is 2. The Morgan fingerprint density at radius 3 is 2.29 bits per heavy atom. The molecular weight excluding hydrogens is 320 g/mol. The summed E-state index contributed by atoms with van der Waals surface area (Å²) in [7, 11) is -8.22. The van der Waals surface area contributed by atoms with Crippen LogP contribution < -0.4 is 20.9 Å². The Kier molecular flexibility index (Phi) is 5.06. The van der Waals surface area contributed by atoms with Crippen molar-refractivity contribution >= 4 is 31.8 Å². The second-order valence-corrected chi connectivity index (χ2v) is 6.96. The molecule has 0 unspecified atom stereocenters. The molecule has 0 aliphatic carbocycles. The Morgan fingerprint density at radius 2 is 1.81 bits per heavy atom. The largest absolute Gasteiger partial charge is 0.334 e. The van der Waals surface area contributed by atoms with E-state index in [1.807, 2.05) is 0 Å². The first-order chi connectivity index (χ1) is 9.55. The zero-order valence-corrected chi connectivity index (χ0v) is 12.4. The minimum Gasteiger partial charge on any atom is -0.334 e. The molecule has 0 aromatic heterocycles. The fourth-order valence-corrected chi connectivity index (χ4v) is 2.58. The van der Waals surface area contributed by atoms with Crippen LogP contribution in [0.4, 0.5) is 10.5 Å². The zero-order valence-electron chi connectivity index (χ0n) is 10.7. The number of carbonyl (C=O) groups is 1. The average molecular weight is 334 g/mol. The van der Waals surface area contributed by atoms with E-state index in [9.17, 15) is 21.6 Å². The second-order valence-electron chi connectivity index (χ2n) is 3.87. The van der Waals surface area contributed by atoms with Crippen LogP contribution in [0, 0.1) is 0 Å². The van der Waals surface area contributed by atoms with E-state index in [1.54, 1.807) is 0 Å². The molecule has 0 aliphatic heterocycles. The average Bonchev–Trinajstić information content (AvgIpc) is 2.33. The van der Waals surface area contributed by atoms with Crippen LogP contribution in [0.3, 0.4) is 0 Å². The van der Waals surface area contributed by atoms with Crippen LogP contribution in [0.5, 0.6) is 0 Å². The van der Waals surface area contributed by atoms with Gasteiger partial charge in [0.1, 0.15) is 4.90 Å². The number of amides is 2. The van der Waals surface area contributed by atoms with Crippen molar-refractivity contribution in [2.75, 3.05) is 11.9 Å². The maximum atomic E-state index is 11.5. The summed E-state index contributed by atoms with van der Waals surface area (Å²) in [6.07, 6.45) is 1.40. The van der Waals surface area contributed by atoms with Crippen LogP contribution in [0.1, 0.15) is 0 Å². The third kappa shape index (κ3) is 4.82. The number of anilines is 1. The molecule has 0 aliphatic rings. The van der Waals surface area contributed by atoms with Crippen molar-refractivity contribution in [1.82, 2.24) is 5.32 Å². The SMILES string of the molecule is C=CCNC(=O)Nc1cc(S(N)(=O)=O)ccc1S(N)(=O)=O. The predicted octanol–water partition coefficient (Wildman–Crippen LogP) is -0.711. The van der Waals surface area contributed by atoms with Crippen molar-refractivity contribution in [3.05, 3.63) is 30.9 Å². The lowest BCUT2D eigenvalue weighted by Crippen LogP contribution is -2.30. The number of urea groups is 1. The topological polar surface area (TPSA) is 161 Å². The molecule has 11 heteroatoms. The van der Waals surface area contributed by atoms with E-state index in [2.05, 4.69) is 17.2 Å². The molecule has 0 bridgehead atoms. The predicted molar refractivity (Wildman–Crippen MR) is 76.4 cm³/mol. The fourth-order valence-electron chi connectivity index (χ4n) is 1.36. The maximum Gasteiger partial charge on any atom is 0.319 e. The van der Waals surface area contributed by atoms with E-state index < -0.39 is 31.0 Å². The Bertz CT molecular complexity index is 771. The Morgan fingerprint density at radius 1 is 1.19 bits per heavy atom. The highest BCUT2D eigenvalue weighted by Gasteiger charge is 2.19. The van der Waals surface area contributed by atoms with Gasteiger partial charge in [-0.2, -0.15) is 0 Å². The van der Waals surface area contributed by atoms with Gasteiger partial charge in [0, 0.05) is 6.54 Å². The molecule has 1 rings (SSSR count). The lowest BCUT2D eigenvalue weighted by atomic mass is 10.3. The molecule has 1 aromatic carbocycles. The number of benzene rings is 1. The van der Waals surface area contributed by atoms with Crippen molar-refractivity contribution < 1.29 is 21.6 Å². The smallest absolute Gasteiger partial charge is 0.319 e. The van der Waals surface area contributed by atoms with Crippen molar-refractivity contribution in [2.24, 2.45) is 10.3 Å². The van der Waals surface area contributed by atoms with Gasteiger partial charge in [0.05, 0.1) is 10.6 Å². The van der Waals surface area contributed by atoms with E-state index in [0.717, 1.165) is 18.2 Å². The summed E-state index contributed by atoms with van der Waals surface area (Å²) < 4.78 is 45.4. The van der Waals surface area contributed by atoms with Gasteiger partial charge in [-0.1, -0.05) is 6.08 Å². The molecule has 9 nitrogen and oxygen atoms in total. The third-order valence-electron chi connectivity index (χ3n) is 2.24. The molecule has 0 radical (unpaired) electrons. The lowest BCUT2D eigenvalue weighted by Gasteiger charge is -2.11. The van der Waals surface area contributed by atoms with Gasteiger partial charge in [-0.3, -0.25) is 0 Å². The minimum atomic E-state index is -4.16. The van der Waals surface area contributed by atoms with E-state index >= 15 is 0 Å². The van der Waals surface area contributed by atoms with Gasteiger partial charge in [-0.25, -0.2) is 31.9 Å². The number of primary sulfonamides is 2. The standard InChI is InChI=1S/C10H14N4O5S2/c1-2-5-13-10(15)14-8-6-7(20(11,16)17)3-4-9(8)21(12,18)19/h2-4,6H,1,5H2,(H2,11,16,17)(H2,12,18,19)(H2,13,14,15). The molecule has 0 fully saturated rings. The minimum absolute atomic E-state index is 0.130. The van der Waals surface area contributed by atoms with Crippen LogP contribution in [-0.2, 0) is 20.0 Å². The van der Waals surface area contributed by atoms with Gasteiger partial charge in [0.15, 0.2) is 0 Å². The molecule has 0 spiro atoms. The molecule has 0 saturated heterocycles. The van der Waals surface area contributed by atoms with Crippen molar-refractivity contribution in [3.63, 3.8) is 0 Å². The van der Waals surface area contributed by atoms with Gasteiger partial charge in [0.2, 0.25) is 20.0 Å². The van der Waals surface area contributed by atoms with Crippen molar-refractivity contribution in [2.45, 2.75) is 9.79 Å². The van der Waals surface area contributed by atoms with Crippen LogP contribution in [0.2, 0.25) is 0 Å². The number of rotatable bonds is 5. The van der Waals surface area contributed by atoms with Crippen LogP contribution in [0.15, 0.2) is 40.6 Å². The number of hydrogen-bond acceptors (Lipinski definition) is 5. The summed E-state index contributed by atoms with van der Waals surface area (Å²) in [6.45, 7) is 3.52. The monoisotopic (exact) mass is 334 g/mol. The highest BCUT2D eigenvalue weighted by Crippen LogP contribution is 2.23. The van der Waals surface area contributed by atoms with Gasteiger partial charge in [0.25, 0.3) is 0 Å². The molecule has 21 heavy (non-hydrogen) atoms. The highest BCUT2D eigenvalue weighted by atomic mass is 32.2. The molecule has 0 saturated carbocycles. The van der Waals surface area contributed by atoms with Crippen molar-refractivity contribution in [1.29, 1.82) is 0 Å². The first-order valence-corrected chi connectivity index (χ1v) is 8.50. The lowest BCUT2D eigenvalue weighted by molar-refractivity contribution is 0.253. The first kappa shape index (κ1) is 17.1. The summed E-state index contributed by atoms with van der Waals surface area (Å²) in [4.78, 5) is 10.7. The van der Waals surface area contributed by atoms with E-state index in [4.69, 9.17) is 10.3 Å². The molecule has 0 heterocycles. The molecule has 116 valence electrons. The van der Waals surface area contributed by atoms with Crippen LogP contribution in [0.25, 0.3) is 0 Å². The molecule has 0 atom stereocenters. The zero-order chi connectivity index (χ0) is 16.3.